The summed E-state index contributed by atoms with van der Waals surface area (Å²) in [5.41, 5.74) is 1.06. The summed E-state index contributed by atoms with van der Waals surface area (Å²) >= 11 is 5.25. The summed E-state index contributed by atoms with van der Waals surface area (Å²) < 4.78 is 74.5. The van der Waals surface area contributed by atoms with Crippen LogP contribution in [0.4, 0.5) is 32.0 Å². The van der Waals surface area contributed by atoms with Gasteiger partial charge in [0, 0.05) is 11.3 Å². The zero-order chi connectivity index (χ0) is 13.4. The summed E-state index contributed by atoms with van der Waals surface area (Å²) in [6.45, 7) is 0. The van der Waals surface area contributed by atoms with Crippen LogP contribution in [0.5, 0.6) is 0 Å². The van der Waals surface area contributed by atoms with Crippen LogP contribution in [-0.4, -0.2) is 0 Å². The van der Waals surface area contributed by atoms with Crippen LogP contribution in [0.3, 0.4) is 0 Å². The van der Waals surface area contributed by atoms with E-state index in [2.05, 4.69) is 0 Å². The quantitative estimate of drug-likeness (QED) is 0.468. The lowest BCUT2D eigenvalue weighted by atomic mass is 10.0. The van der Waals surface area contributed by atoms with E-state index in [1.807, 2.05) is 0 Å². The maximum Gasteiger partial charge on any atom is 0.416 e. The molecule has 0 aliphatic rings. The third-order valence-corrected chi connectivity index (χ3v) is 2.32. The third-order valence-electron chi connectivity index (χ3n) is 2.05. The van der Waals surface area contributed by atoms with E-state index in [1.54, 1.807) is 0 Å². The van der Waals surface area contributed by atoms with Gasteiger partial charge in [-0.15, -0.1) is 11.6 Å². The number of alkyl halides is 7. The molecule has 1 aromatic carbocycles. The van der Waals surface area contributed by atoms with Gasteiger partial charge in [0.2, 0.25) is 0 Å². The summed E-state index contributed by atoms with van der Waals surface area (Å²) in [5.74, 6) is -0.612. The summed E-state index contributed by atoms with van der Waals surface area (Å²) in [6.07, 6.45) is -9.82. The third kappa shape index (κ3) is 2.96. The van der Waals surface area contributed by atoms with E-state index < -0.39 is 40.6 Å². The molecule has 0 fully saturated rings. The number of rotatable bonds is 1. The highest BCUT2D eigenvalue weighted by Crippen LogP contribution is 2.40. The first-order valence-corrected chi connectivity index (χ1v) is 4.73. The number of hydrogen-bond donors (Lipinski definition) is 1. The Morgan fingerprint density at radius 2 is 1.53 bits per heavy atom. The van der Waals surface area contributed by atoms with Crippen molar-refractivity contribution in [1.82, 2.24) is 0 Å². The van der Waals surface area contributed by atoms with Gasteiger partial charge in [-0.3, -0.25) is 0 Å². The van der Waals surface area contributed by atoms with Crippen molar-refractivity contribution in [3.63, 3.8) is 0 Å². The zero-order valence-corrected chi connectivity index (χ0v) is 8.84. The molecule has 0 bridgehead atoms. The van der Waals surface area contributed by atoms with Crippen molar-refractivity contribution >= 4 is 17.3 Å². The Balaban J connectivity index is 3.51. The standard InChI is InChI=1S/C9H6ClF6N/c10-3-5-6(9(14,15)16)1-4(2-7(5)17)8(11,12)13/h1-2H,3,17H2. The Bertz CT molecular complexity index is 423. The molecule has 96 valence electrons. The van der Waals surface area contributed by atoms with E-state index in [4.69, 9.17) is 17.3 Å². The zero-order valence-electron chi connectivity index (χ0n) is 8.08. The summed E-state index contributed by atoms with van der Waals surface area (Å²) in [4.78, 5) is 0. The Labute approximate surface area is 97.2 Å². The largest absolute Gasteiger partial charge is 0.416 e. The molecule has 1 nitrogen and oxygen atoms in total. The fourth-order valence-corrected chi connectivity index (χ4v) is 1.56. The topological polar surface area (TPSA) is 26.0 Å². The molecule has 0 spiro atoms. The van der Waals surface area contributed by atoms with E-state index in [0.29, 0.717) is 6.07 Å². The van der Waals surface area contributed by atoms with Gasteiger partial charge in [0.1, 0.15) is 0 Å². The minimum Gasteiger partial charge on any atom is -0.398 e. The van der Waals surface area contributed by atoms with Gasteiger partial charge in [-0.05, 0) is 12.1 Å². The Morgan fingerprint density at radius 1 is 1.00 bits per heavy atom. The maximum atomic E-state index is 12.5. The highest BCUT2D eigenvalue weighted by Gasteiger charge is 2.38. The van der Waals surface area contributed by atoms with E-state index in [1.165, 1.54) is 0 Å². The molecular formula is C9H6ClF6N. The lowest BCUT2D eigenvalue weighted by Gasteiger charge is -2.16. The van der Waals surface area contributed by atoms with E-state index in [-0.39, 0.29) is 6.07 Å². The predicted molar refractivity (Wildman–Crippen MR) is 50.4 cm³/mol. The fraction of sp³-hybridized carbons (Fsp3) is 0.333. The summed E-state index contributed by atoms with van der Waals surface area (Å²) in [6, 6.07) is 0.445. The lowest BCUT2D eigenvalue weighted by molar-refractivity contribution is -0.143. The lowest BCUT2D eigenvalue weighted by Crippen LogP contribution is -2.15. The van der Waals surface area contributed by atoms with Gasteiger partial charge >= 0.3 is 12.4 Å². The molecule has 0 aliphatic carbocycles. The molecule has 1 rings (SSSR count). The van der Waals surface area contributed by atoms with Crippen molar-refractivity contribution in [2.45, 2.75) is 18.2 Å². The van der Waals surface area contributed by atoms with Gasteiger partial charge in [-0.1, -0.05) is 0 Å². The molecule has 0 amide bonds. The molecular weight excluding hydrogens is 272 g/mol. The van der Waals surface area contributed by atoms with Crippen molar-refractivity contribution < 1.29 is 26.3 Å². The molecule has 0 saturated heterocycles. The minimum atomic E-state index is -4.93. The van der Waals surface area contributed by atoms with Crippen molar-refractivity contribution in [2.75, 3.05) is 5.73 Å². The first-order chi connectivity index (χ1) is 7.57. The second kappa shape index (κ2) is 4.29. The number of benzene rings is 1. The number of hydrogen-bond acceptors (Lipinski definition) is 1. The second-order valence-corrected chi connectivity index (χ2v) is 3.49. The maximum absolute atomic E-state index is 12.5. The molecule has 0 aromatic heterocycles. The molecule has 17 heavy (non-hydrogen) atoms. The highest BCUT2D eigenvalue weighted by atomic mass is 35.5. The Hall–Kier alpha value is -1.11. The van der Waals surface area contributed by atoms with Crippen molar-refractivity contribution in [3.8, 4) is 0 Å². The first kappa shape index (κ1) is 14.0. The van der Waals surface area contributed by atoms with Crippen LogP contribution in [0.15, 0.2) is 12.1 Å². The fourth-order valence-electron chi connectivity index (χ4n) is 1.26. The highest BCUT2D eigenvalue weighted by molar-refractivity contribution is 6.17. The van der Waals surface area contributed by atoms with Gasteiger partial charge < -0.3 is 5.73 Å². The van der Waals surface area contributed by atoms with Gasteiger partial charge in [0.05, 0.1) is 17.0 Å². The van der Waals surface area contributed by atoms with Crippen molar-refractivity contribution in [2.24, 2.45) is 0 Å². The summed E-state index contributed by atoms with van der Waals surface area (Å²) in [5, 5.41) is 0. The SMILES string of the molecule is Nc1cc(C(F)(F)F)cc(C(F)(F)F)c1CCl. The van der Waals surface area contributed by atoms with E-state index >= 15 is 0 Å². The number of anilines is 1. The first-order valence-electron chi connectivity index (χ1n) is 4.20. The molecule has 0 radical (unpaired) electrons. The van der Waals surface area contributed by atoms with E-state index in [9.17, 15) is 26.3 Å². The van der Waals surface area contributed by atoms with Crippen LogP contribution in [0, 0.1) is 0 Å². The molecule has 0 aliphatic heterocycles. The van der Waals surface area contributed by atoms with Gasteiger partial charge in [0.25, 0.3) is 0 Å². The van der Waals surface area contributed by atoms with Crippen molar-refractivity contribution in [3.05, 3.63) is 28.8 Å². The smallest absolute Gasteiger partial charge is 0.398 e. The summed E-state index contributed by atoms with van der Waals surface area (Å²) in [7, 11) is 0. The van der Waals surface area contributed by atoms with Crippen LogP contribution in [0.25, 0.3) is 0 Å². The molecule has 0 unspecified atom stereocenters. The van der Waals surface area contributed by atoms with Gasteiger partial charge in [-0.2, -0.15) is 26.3 Å². The average molecular weight is 278 g/mol. The Kier molecular flexibility index (Phi) is 3.52. The van der Waals surface area contributed by atoms with Crippen LogP contribution in [-0.2, 0) is 18.2 Å². The Morgan fingerprint density at radius 3 is 1.88 bits per heavy atom. The average Bonchev–Trinajstić information content (AvgIpc) is 2.13. The number of nitrogen functional groups attached to an aromatic ring is 1. The van der Waals surface area contributed by atoms with Crippen LogP contribution >= 0.6 is 11.6 Å². The van der Waals surface area contributed by atoms with Crippen LogP contribution in [0.2, 0.25) is 0 Å². The number of halogens is 7. The van der Waals surface area contributed by atoms with Gasteiger partial charge in [0.15, 0.2) is 0 Å². The molecule has 0 heterocycles. The predicted octanol–water partition coefficient (Wildman–Crippen LogP) is 4.05. The monoisotopic (exact) mass is 277 g/mol. The van der Waals surface area contributed by atoms with E-state index in [0.717, 1.165) is 0 Å². The number of nitrogens with two attached hydrogens (primary N) is 1. The van der Waals surface area contributed by atoms with Crippen molar-refractivity contribution in [1.29, 1.82) is 0 Å². The molecule has 0 saturated carbocycles. The molecule has 1 aromatic rings. The normalized spacial score (nSPS) is 12.9. The van der Waals surface area contributed by atoms with Gasteiger partial charge in [-0.25, -0.2) is 0 Å². The minimum absolute atomic E-state index is 0.00801. The molecule has 2 N–H and O–H groups in total. The second-order valence-electron chi connectivity index (χ2n) is 3.22. The molecule has 0 atom stereocenters. The molecule has 8 heteroatoms. The van der Waals surface area contributed by atoms with Crippen LogP contribution < -0.4 is 5.73 Å². The van der Waals surface area contributed by atoms with Crippen LogP contribution in [0.1, 0.15) is 16.7 Å².